The first-order valence-corrected chi connectivity index (χ1v) is 9.37. The quantitative estimate of drug-likeness (QED) is 0.552. The Morgan fingerprint density at radius 1 is 1.07 bits per heavy atom. The molecule has 2 aromatic carbocycles. The molecule has 142 valence electrons. The normalized spacial score (nSPS) is 20.4. The molecule has 0 N–H and O–H groups in total. The summed E-state index contributed by atoms with van der Waals surface area (Å²) in [6.07, 6.45) is 3.57. The molecule has 0 amide bonds. The number of methoxy groups -OCH3 is 1. The van der Waals surface area contributed by atoms with Gasteiger partial charge in [-0.25, -0.2) is 0 Å². The third-order valence-electron chi connectivity index (χ3n) is 5.06. The minimum atomic E-state index is -0.382. The fourth-order valence-electron chi connectivity index (χ4n) is 3.56. The summed E-state index contributed by atoms with van der Waals surface area (Å²) in [5.74, 6) is -0.630. The van der Waals surface area contributed by atoms with E-state index in [1.807, 2.05) is 24.3 Å². The number of esters is 1. The molecular formula is C23H27NO3. The average molecular weight is 365 g/mol. The molecule has 0 bridgehead atoms. The number of benzene rings is 2. The van der Waals surface area contributed by atoms with Gasteiger partial charge in [0.25, 0.3) is 0 Å². The van der Waals surface area contributed by atoms with Crippen LogP contribution in [-0.2, 0) is 27.4 Å². The van der Waals surface area contributed by atoms with Crippen molar-refractivity contribution in [1.82, 2.24) is 4.90 Å². The Morgan fingerprint density at radius 2 is 1.63 bits per heavy atom. The summed E-state index contributed by atoms with van der Waals surface area (Å²) in [5.41, 5.74) is 2.47. The molecule has 1 aliphatic heterocycles. The van der Waals surface area contributed by atoms with E-state index in [0.717, 1.165) is 13.1 Å². The minimum absolute atomic E-state index is 0.0412. The van der Waals surface area contributed by atoms with Crippen molar-refractivity contribution in [3.63, 3.8) is 0 Å². The van der Waals surface area contributed by atoms with Crippen molar-refractivity contribution in [3.05, 3.63) is 83.9 Å². The summed E-state index contributed by atoms with van der Waals surface area (Å²) in [4.78, 5) is 14.6. The molecule has 4 nitrogen and oxygen atoms in total. The third-order valence-corrected chi connectivity index (χ3v) is 5.06. The van der Waals surface area contributed by atoms with Crippen LogP contribution >= 0.6 is 0 Å². The summed E-state index contributed by atoms with van der Waals surface area (Å²) in [6, 6.07) is 20.8. The van der Waals surface area contributed by atoms with E-state index in [4.69, 9.17) is 9.47 Å². The average Bonchev–Trinajstić information content (AvgIpc) is 2.73. The van der Waals surface area contributed by atoms with Crippen LogP contribution in [0.1, 0.15) is 18.1 Å². The molecule has 0 fully saturated rings. The van der Waals surface area contributed by atoms with Crippen LogP contribution < -0.4 is 0 Å². The highest BCUT2D eigenvalue weighted by molar-refractivity contribution is 5.75. The van der Waals surface area contributed by atoms with Crippen LogP contribution in [0, 0.1) is 5.92 Å². The van der Waals surface area contributed by atoms with Crippen molar-refractivity contribution in [3.8, 4) is 0 Å². The second-order valence-electron chi connectivity index (χ2n) is 6.89. The van der Waals surface area contributed by atoms with E-state index in [1.165, 1.54) is 18.2 Å². The van der Waals surface area contributed by atoms with Gasteiger partial charge in [-0.05, 0) is 18.1 Å². The van der Waals surface area contributed by atoms with Crippen molar-refractivity contribution in [1.29, 1.82) is 0 Å². The van der Waals surface area contributed by atoms with E-state index in [0.29, 0.717) is 6.61 Å². The molecule has 27 heavy (non-hydrogen) atoms. The Hall–Kier alpha value is -2.43. The van der Waals surface area contributed by atoms with Gasteiger partial charge >= 0.3 is 5.97 Å². The number of carbonyl (C=O) groups excluding carboxylic acids is 1. The Kier molecular flexibility index (Phi) is 6.80. The van der Waals surface area contributed by atoms with Crippen LogP contribution in [0.3, 0.4) is 0 Å². The Balaban J connectivity index is 1.83. The van der Waals surface area contributed by atoms with Crippen molar-refractivity contribution in [2.45, 2.75) is 32.2 Å². The maximum Gasteiger partial charge on any atom is 0.315 e. The molecule has 0 radical (unpaired) electrons. The molecule has 0 aliphatic carbocycles. The van der Waals surface area contributed by atoms with Gasteiger partial charge in [-0.1, -0.05) is 72.8 Å². The van der Waals surface area contributed by atoms with Gasteiger partial charge in [0.2, 0.25) is 0 Å². The molecule has 0 aromatic heterocycles. The zero-order valence-electron chi connectivity index (χ0n) is 16.0. The van der Waals surface area contributed by atoms with E-state index < -0.39 is 0 Å². The van der Waals surface area contributed by atoms with Gasteiger partial charge in [0.05, 0.1) is 19.8 Å². The number of carbonyl (C=O) groups is 1. The fraction of sp³-hybridized carbons (Fsp3) is 0.348. The first kappa shape index (κ1) is 19.3. The van der Waals surface area contributed by atoms with Gasteiger partial charge < -0.3 is 9.47 Å². The summed E-state index contributed by atoms with van der Waals surface area (Å²) >= 11 is 0. The first-order chi connectivity index (χ1) is 13.2. The van der Waals surface area contributed by atoms with E-state index >= 15 is 0 Å². The maximum absolute atomic E-state index is 12.2. The predicted molar refractivity (Wildman–Crippen MR) is 106 cm³/mol. The number of nitrogens with zero attached hydrogens (tertiary/aromatic N) is 1. The van der Waals surface area contributed by atoms with Gasteiger partial charge in [0.15, 0.2) is 0 Å². The lowest BCUT2D eigenvalue weighted by molar-refractivity contribution is -0.151. The SMILES string of the molecule is COC(=O)[C@H]1C=CCO[C@@H]1[C@H](C)N(Cc1ccccc1)Cc1ccccc1. The number of hydrogen-bond donors (Lipinski definition) is 0. The lowest BCUT2D eigenvalue weighted by Gasteiger charge is -2.38. The zero-order valence-corrected chi connectivity index (χ0v) is 16.0. The highest BCUT2D eigenvalue weighted by atomic mass is 16.5. The predicted octanol–water partition coefficient (Wildman–Crippen LogP) is 3.82. The van der Waals surface area contributed by atoms with E-state index in [9.17, 15) is 4.79 Å². The largest absolute Gasteiger partial charge is 0.468 e. The monoisotopic (exact) mass is 365 g/mol. The number of rotatable bonds is 7. The van der Waals surface area contributed by atoms with Gasteiger partial charge in [-0.15, -0.1) is 0 Å². The molecule has 0 saturated carbocycles. The minimum Gasteiger partial charge on any atom is -0.468 e. The van der Waals surface area contributed by atoms with E-state index in [2.05, 4.69) is 60.4 Å². The molecular weight excluding hydrogens is 338 g/mol. The molecule has 1 aliphatic rings. The Bertz CT molecular complexity index is 703. The Morgan fingerprint density at radius 3 is 2.15 bits per heavy atom. The molecule has 0 saturated heterocycles. The Labute approximate surface area is 161 Å². The summed E-state index contributed by atoms with van der Waals surface area (Å²) in [7, 11) is 1.43. The smallest absolute Gasteiger partial charge is 0.315 e. The van der Waals surface area contributed by atoms with E-state index in [-0.39, 0.29) is 24.0 Å². The maximum atomic E-state index is 12.2. The highest BCUT2D eigenvalue weighted by Gasteiger charge is 2.36. The van der Waals surface area contributed by atoms with Gasteiger partial charge in [-0.3, -0.25) is 9.69 Å². The number of hydrogen-bond acceptors (Lipinski definition) is 4. The van der Waals surface area contributed by atoms with Crippen LogP contribution in [0.25, 0.3) is 0 Å². The van der Waals surface area contributed by atoms with Gasteiger partial charge in [0, 0.05) is 19.1 Å². The highest BCUT2D eigenvalue weighted by Crippen LogP contribution is 2.25. The summed E-state index contributed by atoms with van der Waals surface area (Å²) in [5, 5.41) is 0. The molecule has 0 spiro atoms. The molecule has 3 atom stereocenters. The fourth-order valence-corrected chi connectivity index (χ4v) is 3.56. The van der Waals surface area contributed by atoms with Crippen LogP contribution in [0.15, 0.2) is 72.8 Å². The standard InChI is InChI=1S/C23H27NO3/c1-18(22-21(23(25)26-2)14-9-15-27-22)24(16-19-10-5-3-6-11-19)17-20-12-7-4-8-13-20/h3-14,18,21-22H,15-17H2,1-2H3/t18-,21-,22+/m0/s1. The topological polar surface area (TPSA) is 38.8 Å². The van der Waals surface area contributed by atoms with Crippen LogP contribution in [0.4, 0.5) is 0 Å². The van der Waals surface area contributed by atoms with Gasteiger partial charge in [0.1, 0.15) is 5.92 Å². The summed E-state index contributed by atoms with van der Waals surface area (Å²) in [6.45, 7) is 4.22. The zero-order chi connectivity index (χ0) is 19.1. The van der Waals surface area contributed by atoms with Gasteiger partial charge in [-0.2, -0.15) is 0 Å². The lowest BCUT2D eigenvalue weighted by Crippen LogP contribution is -2.48. The molecule has 1 heterocycles. The van der Waals surface area contributed by atoms with Crippen LogP contribution in [0.2, 0.25) is 0 Å². The summed E-state index contributed by atoms with van der Waals surface area (Å²) < 4.78 is 11.0. The molecule has 2 aromatic rings. The lowest BCUT2D eigenvalue weighted by atomic mass is 9.93. The van der Waals surface area contributed by atoms with Crippen molar-refractivity contribution < 1.29 is 14.3 Å². The second kappa shape index (κ2) is 9.49. The van der Waals surface area contributed by atoms with Crippen molar-refractivity contribution in [2.24, 2.45) is 5.92 Å². The number of ether oxygens (including phenoxy) is 2. The molecule has 4 heteroatoms. The van der Waals surface area contributed by atoms with Crippen molar-refractivity contribution in [2.75, 3.05) is 13.7 Å². The second-order valence-corrected chi connectivity index (χ2v) is 6.89. The van der Waals surface area contributed by atoms with E-state index in [1.54, 1.807) is 0 Å². The molecule has 0 unspecified atom stereocenters. The first-order valence-electron chi connectivity index (χ1n) is 9.37. The van der Waals surface area contributed by atoms with Crippen LogP contribution in [0.5, 0.6) is 0 Å². The van der Waals surface area contributed by atoms with Crippen LogP contribution in [-0.4, -0.2) is 36.7 Å². The third kappa shape index (κ3) is 5.06. The van der Waals surface area contributed by atoms with Crippen molar-refractivity contribution >= 4 is 5.97 Å². The molecule has 3 rings (SSSR count).